The molecule has 3 rings (SSSR count). The minimum Gasteiger partial charge on any atom is -0.454 e. The third kappa shape index (κ3) is 4.14. The lowest BCUT2D eigenvalue weighted by Gasteiger charge is -2.18. The molecule has 27 heavy (non-hydrogen) atoms. The Morgan fingerprint density at radius 2 is 1.78 bits per heavy atom. The fourth-order valence-corrected chi connectivity index (χ4v) is 4.16. The minimum atomic E-state index is -3.33. The molecular formula is C19H18ClNO5S. The van der Waals surface area contributed by atoms with Crippen LogP contribution in [0.25, 0.3) is 0 Å². The molecule has 0 fully saturated rings. The number of hydrogen-bond acceptors (Lipinski definition) is 5. The van der Waals surface area contributed by atoms with E-state index in [0.717, 1.165) is 5.56 Å². The van der Waals surface area contributed by atoms with Crippen LogP contribution >= 0.6 is 11.6 Å². The van der Waals surface area contributed by atoms with Crippen molar-refractivity contribution < 1.29 is 22.7 Å². The fraction of sp³-hybridized carbons (Fsp3) is 0.263. The average Bonchev–Trinajstić information content (AvgIpc) is 3.10. The number of esters is 1. The van der Waals surface area contributed by atoms with Crippen molar-refractivity contribution in [3.8, 4) is 0 Å². The Morgan fingerprint density at radius 3 is 2.44 bits per heavy atom. The van der Waals surface area contributed by atoms with Crippen LogP contribution in [0.5, 0.6) is 0 Å². The van der Waals surface area contributed by atoms with Gasteiger partial charge in [0.1, 0.15) is 0 Å². The number of anilines is 1. The molecule has 0 spiro atoms. The number of Topliss-reactive ketones (excluding diaryl/α,β-unsaturated/α-hetero) is 1. The first-order valence-corrected chi connectivity index (χ1v) is 10.4. The van der Waals surface area contributed by atoms with E-state index in [0.29, 0.717) is 34.8 Å². The van der Waals surface area contributed by atoms with Crippen LogP contribution < -0.4 is 4.31 Å². The Bertz CT molecular complexity index is 986. The molecule has 1 aliphatic rings. The van der Waals surface area contributed by atoms with Gasteiger partial charge >= 0.3 is 5.97 Å². The highest BCUT2D eigenvalue weighted by Gasteiger charge is 2.28. The molecule has 8 heteroatoms. The number of hydrogen-bond donors (Lipinski definition) is 0. The maximum absolute atomic E-state index is 12.3. The highest BCUT2D eigenvalue weighted by Crippen LogP contribution is 2.31. The van der Waals surface area contributed by atoms with Crippen LogP contribution in [0.3, 0.4) is 0 Å². The quantitative estimate of drug-likeness (QED) is 0.543. The van der Waals surface area contributed by atoms with Crippen molar-refractivity contribution in [2.45, 2.75) is 13.3 Å². The predicted molar refractivity (Wildman–Crippen MR) is 103 cm³/mol. The number of fused-ring (bicyclic) bond motifs is 1. The zero-order chi connectivity index (χ0) is 19.6. The van der Waals surface area contributed by atoms with E-state index >= 15 is 0 Å². The maximum Gasteiger partial charge on any atom is 0.338 e. The van der Waals surface area contributed by atoms with Gasteiger partial charge in [0, 0.05) is 17.1 Å². The first-order valence-electron chi connectivity index (χ1n) is 8.41. The Labute approximate surface area is 162 Å². The Hall–Kier alpha value is -2.38. The third-order valence-corrected chi connectivity index (χ3v) is 6.40. The van der Waals surface area contributed by atoms with E-state index in [1.807, 2.05) is 0 Å². The number of benzene rings is 2. The molecule has 2 aromatic rings. The van der Waals surface area contributed by atoms with Crippen molar-refractivity contribution in [2.75, 3.05) is 23.2 Å². The monoisotopic (exact) mass is 407 g/mol. The zero-order valence-electron chi connectivity index (χ0n) is 14.6. The van der Waals surface area contributed by atoms with Crippen molar-refractivity contribution in [3.05, 3.63) is 64.2 Å². The molecule has 0 N–H and O–H groups in total. The van der Waals surface area contributed by atoms with E-state index in [4.69, 9.17) is 16.3 Å². The van der Waals surface area contributed by atoms with Crippen molar-refractivity contribution >= 4 is 39.1 Å². The second kappa shape index (κ2) is 7.70. The summed E-state index contributed by atoms with van der Waals surface area (Å²) in [4.78, 5) is 24.3. The SMILES string of the molecule is CCS(=O)(=O)N1CCc2cc(C(=O)COC(=O)c3ccc(Cl)cc3)ccc21. The summed E-state index contributed by atoms with van der Waals surface area (Å²) in [5.41, 5.74) is 2.09. The van der Waals surface area contributed by atoms with Gasteiger partial charge in [-0.2, -0.15) is 0 Å². The highest BCUT2D eigenvalue weighted by atomic mass is 35.5. The molecule has 6 nitrogen and oxygen atoms in total. The molecule has 0 bridgehead atoms. The third-order valence-electron chi connectivity index (χ3n) is 4.37. The van der Waals surface area contributed by atoms with E-state index < -0.39 is 22.6 Å². The molecule has 142 valence electrons. The summed E-state index contributed by atoms with van der Waals surface area (Å²) < 4.78 is 30.6. The van der Waals surface area contributed by atoms with E-state index in [9.17, 15) is 18.0 Å². The number of carbonyl (C=O) groups excluding carboxylic acids is 2. The summed E-state index contributed by atoms with van der Waals surface area (Å²) in [6.45, 7) is 1.58. The number of ether oxygens (including phenoxy) is 1. The first kappa shape index (κ1) is 19.4. The summed E-state index contributed by atoms with van der Waals surface area (Å²) in [5.74, 6) is -0.938. The lowest BCUT2D eigenvalue weighted by Crippen LogP contribution is -2.30. The number of nitrogens with zero attached hydrogens (tertiary/aromatic N) is 1. The van der Waals surface area contributed by atoms with Gasteiger partial charge in [0.25, 0.3) is 0 Å². The Kier molecular flexibility index (Phi) is 5.53. The van der Waals surface area contributed by atoms with Crippen molar-refractivity contribution in [2.24, 2.45) is 0 Å². The molecule has 2 aromatic carbocycles. The van der Waals surface area contributed by atoms with Crippen LogP contribution in [0, 0.1) is 0 Å². The number of carbonyl (C=O) groups is 2. The second-order valence-electron chi connectivity index (χ2n) is 6.07. The molecule has 0 atom stereocenters. The molecular weight excluding hydrogens is 390 g/mol. The van der Waals surface area contributed by atoms with Crippen LogP contribution in [0.4, 0.5) is 5.69 Å². The topological polar surface area (TPSA) is 80.8 Å². The van der Waals surface area contributed by atoms with Gasteiger partial charge in [0.15, 0.2) is 12.4 Å². The molecule has 0 saturated carbocycles. The minimum absolute atomic E-state index is 0.0216. The van der Waals surface area contributed by atoms with Crippen molar-refractivity contribution in [1.29, 1.82) is 0 Å². The predicted octanol–water partition coefficient (Wildman–Crippen LogP) is 3.09. The summed E-state index contributed by atoms with van der Waals surface area (Å²) in [7, 11) is -3.33. The van der Waals surface area contributed by atoms with E-state index in [1.54, 1.807) is 37.3 Å². The van der Waals surface area contributed by atoms with Gasteiger partial charge in [-0.15, -0.1) is 0 Å². The smallest absolute Gasteiger partial charge is 0.338 e. The second-order valence-corrected chi connectivity index (χ2v) is 8.69. The fourth-order valence-electron chi connectivity index (χ4n) is 2.87. The number of ketones is 1. The molecule has 1 heterocycles. The van der Waals surface area contributed by atoms with Crippen LogP contribution in [-0.2, 0) is 21.2 Å². The van der Waals surface area contributed by atoms with Crippen LogP contribution in [0.2, 0.25) is 5.02 Å². The summed E-state index contributed by atoms with van der Waals surface area (Å²) in [5, 5.41) is 0.500. The van der Waals surface area contributed by atoms with E-state index in [1.165, 1.54) is 16.4 Å². The van der Waals surface area contributed by atoms with Crippen LogP contribution in [-0.4, -0.2) is 39.1 Å². The molecule has 0 aliphatic carbocycles. The van der Waals surface area contributed by atoms with E-state index in [2.05, 4.69) is 0 Å². The number of sulfonamides is 1. The van der Waals surface area contributed by atoms with Gasteiger partial charge in [-0.3, -0.25) is 9.10 Å². The lowest BCUT2D eigenvalue weighted by atomic mass is 10.1. The van der Waals surface area contributed by atoms with Crippen LogP contribution in [0.15, 0.2) is 42.5 Å². The van der Waals surface area contributed by atoms with E-state index in [-0.39, 0.29) is 11.5 Å². The molecule has 0 radical (unpaired) electrons. The molecule has 0 aromatic heterocycles. The molecule has 1 aliphatic heterocycles. The summed E-state index contributed by atoms with van der Waals surface area (Å²) in [6, 6.07) is 11.0. The largest absolute Gasteiger partial charge is 0.454 e. The zero-order valence-corrected chi connectivity index (χ0v) is 16.2. The lowest BCUT2D eigenvalue weighted by molar-refractivity contribution is 0.0475. The van der Waals surface area contributed by atoms with Crippen molar-refractivity contribution in [3.63, 3.8) is 0 Å². The van der Waals surface area contributed by atoms with Gasteiger partial charge in [-0.25, -0.2) is 13.2 Å². The first-order chi connectivity index (χ1) is 12.8. The van der Waals surface area contributed by atoms with Gasteiger partial charge in [-0.1, -0.05) is 11.6 Å². The highest BCUT2D eigenvalue weighted by molar-refractivity contribution is 7.92. The normalized spacial score (nSPS) is 13.3. The van der Waals surface area contributed by atoms with Gasteiger partial charge in [0.2, 0.25) is 10.0 Å². The van der Waals surface area contributed by atoms with Gasteiger partial charge < -0.3 is 4.74 Å². The number of rotatable bonds is 6. The summed E-state index contributed by atoms with van der Waals surface area (Å²) >= 11 is 5.77. The molecule has 0 amide bonds. The number of halogens is 1. The Balaban J connectivity index is 1.68. The van der Waals surface area contributed by atoms with Gasteiger partial charge in [0.05, 0.1) is 17.0 Å². The standard InChI is InChI=1S/C19H18ClNO5S/c1-2-27(24,25)21-10-9-14-11-15(5-8-17(14)21)18(22)12-26-19(23)13-3-6-16(20)7-4-13/h3-8,11H,2,9-10,12H2,1H3. The summed E-state index contributed by atoms with van der Waals surface area (Å²) in [6.07, 6.45) is 0.542. The molecule has 0 saturated heterocycles. The molecule has 0 unspecified atom stereocenters. The Morgan fingerprint density at radius 1 is 1.11 bits per heavy atom. The van der Waals surface area contributed by atoms with Crippen molar-refractivity contribution in [1.82, 2.24) is 0 Å². The maximum atomic E-state index is 12.3. The average molecular weight is 408 g/mol. The van der Waals surface area contributed by atoms with Crippen LogP contribution in [0.1, 0.15) is 33.2 Å². The van der Waals surface area contributed by atoms with Gasteiger partial charge in [-0.05, 0) is 61.4 Å².